The molecule has 0 heterocycles. The number of benzene rings is 1. The summed E-state index contributed by atoms with van der Waals surface area (Å²) in [6.45, 7) is 3.44. The Balaban J connectivity index is 1.92. The molecular formula is C14H19FN2O2. The number of nitro groups is 1. The maximum Gasteiger partial charge on any atom is 0.305 e. The molecule has 0 amide bonds. The minimum absolute atomic E-state index is 0.344. The second-order valence-corrected chi connectivity index (χ2v) is 5.31. The largest absolute Gasteiger partial charge is 0.312 e. The van der Waals surface area contributed by atoms with Gasteiger partial charge >= 0.3 is 5.69 Å². The molecule has 1 aliphatic carbocycles. The van der Waals surface area contributed by atoms with Crippen LogP contribution in [0.15, 0.2) is 18.2 Å². The second-order valence-electron chi connectivity index (χ2n) is 5.31. The fraction of sp³-hybridized carbons (Fsp3) is 0.571. The van der Waals surface area contributed by atoms with Crippen LogP contribution in [0.5, 0.6) is 0 Å². The molecule has 4 nitrogen and oxygen atoms in total. The topological polar surface area (TPSA) is 55.2 Å². The van der Waals surface area contributed by atoms with Gasteiger partial charge in [-0.3, -0.25) is 10.1 Å². The van der Waals surface area contributed by atoms with Gasteiger partial charge in [0.15, 0.2) is 0 Å². The normalized spacial score (nSPS) is 22.6. The van der Waals surface area contributed by atoms with Gasteiger partial charge in [-0.05, 0) is 24.8 Å². The minimum atomic E-state index is -0.723. The Hall–Kier alpha value is -1.49. The van der Waals surface area contributed by atoms with Crippen LogP contribution in [-0.2, 0) is 6.54 Å². The lowest BCUT2D eigenvalue weighted by atomic mass is 9.98. The van der Waals surface area contributed by atoms with Crippen molar-refractivity contribution in [3.8, 4) is 0 Å². The van der Waals surface area contributed by atoms with E-state index in [0.29, 0.717) is 23.9 Å². The molecule has 1 aliphatic rings. The molecule has 0 bridgehead atoms. The Labute approximate surface area is 112 Å². The molecule has 0 aromatic heterocycles. The molecule has 0 radical (unpaired) electrons. The minimum Gasteiger partial charge on any atom is -0.312 e. The lowest BCUT2D eigenvalue weighted by Crippen LogP contribution is -2.24. The second kappa shape index (κ2) is 6.10. The van der Waals surface area contributed by atoms with Crippen LogP contribution >= 0.6 is 0 Å². The van der Waals surface area contributed by atoms with Gasteiger partial charge < -0.3 is 5.32 Å². The average molecular weight is 266 g/mol. The van der Waals surface area contributed by atoms with Crippen LogP contribution in [0, 0.1) is 27.8 Å². The maximum absolute atomic E-state index is 13.8. The Bertz CT molecular complexity index is 465. The van der Waals surface area contributed by atoms with Gasteiger partial charge in [-0.15, -0.1) is 0 Å². The van der Waals surface area contributed by atoms with Crippen molar-refractivity contribution in [2.45, 2.75) is 32.7 Å². The molecule has 1 N–H and O–H groups in total. The highest BCUT2D eigenvalue weighted by Gasteiger charge is 2.23. The summed E-state index contributed by atoms with van der Waals surface area (Å²) < 4.78 is 13.8. The van der Waals surface area contributed by atoms with Crippen molar-refractivity contribution in [3.05, 3.63) is 39.7 Å². The van der Waals surface area contributed by atoms with Crippen LogP contribution < -0.4 is 5.32 Å². The van der Waals surface area contributed by atoms with Crippen LogP contribution in [-0.4, -0.2) is 11.5 Å². The number of nitro benzene ring substituents is 1. The highest BCUT2D eigenvalue weighted by molar-refractivity contribution is 5.36. The van der Waals surface area contributed by atoms with Gasteiger partial charge in [0.05, 0.1) is 4.92 Å². The molecule has 19 heavy (non-hydrogen) atoms. The van der Waals surface area contributed by atoms with E-state index in [9.17, 15) is 14.5 Å². The first kappa shape index (κ1) is 13.9. The van der Waals surface area contributed by atoms with E-state index in [1.54, 1.807) is 6.07 Å². The molecular weight excluding hydrogens is 247 g/mol. The predicted molar refractivity (Wildman–Crippen MR) is 71.3 cm³/mol. The lowest BCUT2D eigenvalue weighted by Gasteiger charge is -2.16. The SMILES string of the molecule is CC1CCCC1CNCc1cccc([N+](=O)[O-])c1F. The standard InChI is InChI=1S/C14H19FN2O2/c1-10-4-2-5-11(10)8-16-9-12-6-3-7-13(14(12)15)17(18)19/h3,6-7,10-11,16H,2,4-5,8-9H2,1H3. The molecule has 2 unspecified atom stereocenters. The van der Waals surface area contributed by atoms with Crippen molar-refractivity contribution in [1.29, 1.82) is 0 Å². The third-order valence-corrected chi connectivity index (χ3v) is 4.02. The molecule has 0 spiro atoms. The first-order valence-corrected chi connectivity index (χ1v) is 6.72. The van der Waals surface area contributed by atoms with Gasteiger partial charge in [0.2, 0.25) is 5.82 Å². The third-order valence-electron chi connectivity index (χ3n) is 4.02. The molecule has 104 valence electrons. The number of rotatable bonds is 5. The number of nitrogens with one attached hydrogen (secondary N) is 1. The van der Waals surface area contributed by atoms with Crippen molar-refractivity contribution in [2.75, 3.05) is 6.54 Å². The van der Waals surface area contributed by atoms with Crippen LogP contribution in [0.3, 0.4) is 0 Å². The van der Waals surface area contributed by atoms with E-state index in [2.05, 4.69) is 12.2 Å². The Kier molecular flexibility index (Phi) is 4.47. The number of hydrogen-bond donors (Lipinski definition) is 1. The number of nitrogens with zero attached hydrogens (tertiary/aromatic N) is 1. The first-order valence-electron chi connectivity index (χ1n) is 6.72. The summed E-state index contributed by atoms with van der Waals surface area (Å²) in [5.41, 5.74) is -0.0895. The smallest absolute Gasteiger partial charge is 0.305 e. The molecule has 0 saturated heterocycles. The fourth-order valence-corrected chi connectivity index (χ4v) is 2.76. The van der Waals surface area contributed by atoms with Crippen molar-refractivity contribution in [1.82, 2.24) is 5.32 Å². The van der Waals surface area contributed by atoms with Gasteiger partial charge in [0.25, 0.3) is 0 Å². The summed E-state index contributed by atoms with van der Waals surface area (Å²) >= 11 is 0. The van der Waals surface area contributed by atoms with Crippen LogP contribution in [0.25, 0.3) is 0 Å². The summed E-state index contributed by atoms with van der Waals surface area (Å²) in [5.74, 6) is 0.628. The molecule has 1 aromatic carbocycles. The number of hydrogen-bond acceptors (Lipinski definition) is 3. The van der Waals surface area contributed by atoms with Crippen molar-refractivity contribution >= 4 is 5.69 Å². The molecule has 2 atom stereocenters. The van der Waals surface area contributed by atoms with E-state index < -0.39 is 16.4 Å². The summed E-state index contributed by atoms with van der Waals surface area (Å²) in [6.07, 6.45) is 3.74. The molecule has 0 aliphatic heterocycles. The zero-order chi connectivity index (χ0) is 13.8. The van der Waals surface area contributed by atoms with Crippen molar-refractivity contribution < 1.29 is 9.31 Å². The summed E-state index contributed by atoms with van der Waals surface area (Å²) in [7, 11) is 0. The maximum atomic E-state index is 13.8. The highest BCUT2D eigenvalue weighted by atomic mass is 19.1. The predicted octanol–water partition coefficient (Wildman–Crippen LogP) is 3.26. The zero-order valence-electron chi connectivity index (χ0n) is 11.1. The lowest BCUT2D eigenvalue weighted by molar-refractivity contribution is -0.387. The monoisotopic (exact) mass is 266 g/mol. The molecule has 2 rings (SSSR count). The van der Waals surface area contributed by atoms with Gasteiger partial charge in [0.1, 0.15) is 0 Å². The zero-order valence-corrected chi connectivity index (χ0v) is 11.1. The summed E-state index contributed by atoms with van der Waals surface area (Å²) in [6, 6.07) is 4.31. The Morgan fingerprint density at radius 3 is 2.89 bits per heavy atom. The first-order chi connectivity index (χ1) is 9.09. The molecule has 1 aromatic rings. The van der Waals surface area contributed by atoms with E-state index in [0.717, 1.165) is 6.54 Å². The van der Waals surface area contributed by atoms with Gasteiger partial charge in [-0.2, -0.15) is 4.39 Å². The van der Waals surface area contributed by atoms with Crippen molar-refractivity contribution in [2.24, 2.45) is 11.8 Å². The van der Waals surface area contributed by atoms with E-state index in [-0.39, 0.29) is 0 Å². The van der Waals surface area contributed by atoms with E-state index in [1.165, 1.54) is 31.4 Å². The van der Waals surface area contributed by atoms with Crippen LogP contribution in [0.4, 0.5) is 10.1 Å². The highest BCUT2D eigenvalue weighted by Crippen LogP contribution is 2.30. The van der Waals surface area contributed by atoms with Gasteiger partial charge in [0, 0.05) is 18.2 Å². The summed E-state index contributed by atoms with van der Waals surface area (Å²) in [5, 5.41) is 13.9. The Morgan fingerprint density at radius 1 is 1.47 bits per heavy atom. The number of halogens is 1. The fourth-order valence-electron chi connectivity index (χ4n) is 2.76. The molecule has 5 heteroatoms. The Morgan fingerprint density at radius 2 is 2.26 bits per heavy atom. The molecule has 1 fully saturated rings. The van der Waals surface area contributed by atoms with E-state index >= 15 is 0 Å². The van der Waals surface area contributed by atoms with Gasteiger partial charge in [-0.1, -0.05) is 31.9 Å². The van der Waals surface area contributed by atoms with Crippen LogP contribution in [0.1, 0.15) is 31.7 Å². The van der Waals surface area contributed by atoms with Gasteiger partial charge in [-0.25, -0.2) is 0 Å². The third kappa shape index (κ3) is 3.29. The van der Waals surface area contributed by atoms with E-state index in [1.807, 2.05) is 0 Å². The quantitative estimate of drug-likeness (QED) is 0.657. The van der Waals surface area contributed by atoms with E-state index in [4.69, 9.17) is 0 Å². The summed E-state index contributed by atoms with van der Waals surface area (Å²) in [4.78, 5) is 9.96. The van der Waals surface area contributed by atoms with Crippen LogP contribution in [0.2, 0.25) is 0 Å². The van der Waals surface area contributed by atoms with Crippen molar-refractivity contribution in [3.63, 3.8) is 0 Å². The average Bonchev–Trinajstić information content (AvgIpc) is 2.77. The molecule has 1 saturated carbocycles.